The molecule has 1 aliphatic rings. The van der Waals surface area contributed by atoms with E-state index in [4.69, 9.17) is 5.73 Å². The SMILES string of the molecule is CC(C)c1ccc(S(=O)(=O)c2cnc(N3CCCCCC3)nc2N)cc1. The van der Waals surface area contributed by atoms with Crippen LogP contribution in [0.2, 0.25) is 0 Å². The van der Waals surface area contributed by atoms with E-state index in [0.717, 1.165) is 31.5 Å². The zero-order chi connectivity index (χ0) is 18.7. The standard InChI is InChI=1S/C19H26N4O2S/c1-14(2)15-7-9-16(10-8-15)26(24,25)17-13-21-19(22-18(17)20)23-11-5-3-4-6-12-23/h7-10,13-14H,3-6,11-12H2,1-2H3,(H2,20,21,22). The second-order valence-electron chi connectivity index (χ2n) is 7.05. The molecule has 1 aromatic carbocycles. The Bertz CT molecular complexity index is 856. The van der Waals surface area contributed by atoms with Crippen molar-refractivity contribution in [2.45, 2.75) is 55.2 Å². The molecule has 0 spiro atoms. The van der Waals surface area contributed by atoms with Crippen molar-refractivity contribution >= 4 is 21.6 Å². The summed E-state index contributed by atoms with van der Waals surface area (Å²) in [6.07, 6.45) is 5.92. The number of aromatic nitrogens is 2. The van der Waals surface area contributed by atoms with E-state index in [1.807, 2.05) is 12.1 Å². The van der Waals surface area contributed by atoms with Crippen LogP contribution in [0, 0.1) is 0 Å². The maximum absolute atomic E-state index is 12.9. The fourth-order valence-electron chi connectivity index (χ4n) is 3.16. The third-order valence-corrected chi connectivity index (χ3v) is 6.59. The second kappa shape index (κ2) is 7.61. The van der Waals surface area contributed by atoms with Crippen molar-refractivity contribution in [3.05, 3.63) is 36.0 Å². The van der Waals surface area contributed by atoms with Gasteiger partial charge in [-0.3, -0.25) is 0 Å². The van der Waals surface area contributed by atoms with Gasteiger partial charge >= 0.3 is 0 Å². The van der Waals surface area contributed by atoms with Crippen molar-refractivity contribution in [1.82, 2.24) is 9.97 Å². The molecule has 0 unspecified atom stereocenters. The van der Waals surface area contributed by atoms with Crippen LogP contribution in [0.4, 0.5) is 11.8 Å². The Balaban J connectivity index is 1.90. The molecule has 2 aromatic rings. The third-order valence-electron chi connectivity index (χ3n) is 4.81. The van der Waals surface area contributed by atoms with E-state index in [-0.39, 0.29) is 15.6 Å². The van der Waals surface area contributed by atoms with Gasteiger partial charge in [-0.1, -0.05) is 38.8 Å². The highest BCUT2D eigenvalue weighted by Crippen LogP contribution is 2.27. The molecule has 7 heteroatoms. The molecule has 0 amide bonds. The summed E-state index contributed by atoms with van der Waals surface area (Å²) in [5, 5.41) is 0. The van der Waals surface area contributed by atoms with Gasteiger partial charge in [-0.15, -0.1) is 0 Å². The Hall–Kier alpha value is -2.15. The molecule has 0 radical (unpaired) electrons. The van der Waals surface area contributed by atoms with Crippen LogP contribution in [-0.4, -0.2) is 31.5 Å². The molecule has 0 saturated carbocycles. The summed E-state index contributed by atoms with van der Waals surface area (Å²) >= 11 is 0. The molecule has 0 aliphatic carbocycles. The first-order chi connectivity index (χ1) is 12.4. The summed E-state index contributed by atoms with van der Waals surface area (Å²) < 4.78 is 25.8. The molecule has 0 bridgehead atoms. The first kappa shape index (κ1) is 18.6. The number of sulfone groups is 1. The fraction of sp³-hybridized carbons (Fsp3) is 0.474. The summed E-state index contributed by atoms with van der Waals surface area (Å²) in [4.78, 5) is 10.8. The number of benzene rings is 1. The lowest BCUT2D eigenvalue weighted by molar-refractivity contribution is 0.595. The summed E-state index contributed by atoms with van der Waals surface area (Å²) in [6, 6.07) is 6.90. The minimum absolute atomic E-state index is 0.00665. The van der Waals surface area contributed by atoms with Crippen LogP contribution >= 0.6 is 0 Å². The quantitative estimate of drug-likeness (QED) is 0.882. The van der Waals surface area contributed by atoms with Crippen LogP contribution in [-0.2, 0) is 9.84 Å². The lowest BCUT2D eigenvalue weighted by Crippen LogP contribution is -2.26. The first-order valence-electron chi connectivity index (χ1n) is 9.12. The Labute approximate surface area is 155 Å². The normalized spacial score (nSPS) is 15.9. The van der Waals surface area contributed by atoms with Gasteiger partial charge in [0.05, 0.1) is 11.1 Å². The smallest absolute Gasteiger partial charge is 0.227 e. The van der Waals surface area contributed by atoms with Crippen molar-refractivity contribution < 1.29 is 8.42 Å². The zero-order valence-corrected chi connectivity index (χ0v) is 16.2. The molecular formula is C19H26N4O2S. The van der Waals surface area contributed by atoms with Crippen molar-refractivity contribution in [1.29, 1.82) is 0 Å². The molecule has 140 valence electrons. The molecule has 1 aliphatic heterocycles. The molecule has 1 fully saturated rings. The van der Waals surface area contributed by atoms with Crippen LogP contribution in [0.1, 0.15) is 51.0 Å². The monoisotopic (exact) mass is 374 g/mol. The lowest BCUT2D eigenvalue weighted by Gasteiger charge is -2.20. The van der Waals surface area contributed by atoms with Crippen LogP contribution < -0.4 is 10.6 Å². The van der Waals surface area contributed by atoms with Gasteiger partial charge < -0.3 is 10.6 Å². The lowest BCUT2D eigenvalue weighted by atomic mass is 10.0. The van der Waals surface area contributed by atoms with Gasteiger partial charge in [0.15, 0.2) is 0 Å². The van der Waals surface area contributed by atoms with Gasteiger partial charge in [-0.05, 0) is 36.5 Å². The summed E-state index contributed by atoms with van der Waals surface area (Å²) in [5.41, 5.74) is 7.10. The molecule has 3 rings (SSSR count). The average molecular weight is 375 g/mol. The minimum Gasteiger partial charge on any atom is -0.382 e. The maximum Gasteiger partial charge on any atom is 0.227 e. The Morgan fingerprint density at radius 2 is 1.65 bits per heavy atom. The molecule has 0 atom stereocenters. The number of rotatable bonds is 4. The van der Waals surface area contributed by atoms with E-state index < -0.39 is 9.84 Å². The van der Waals surface area contributed by atoms with E-state index in [0.29, 0.717) is 11.9 Å². The van der Waals surface area contributed by atoms with Crippen molar-refractivity contribution in [3.8, 4) is 0 Å². The van der Waals surface area contributed by atoms with Gasteiger partial charge in [0, 0.05) is 13.1 Å². The van der Waals surface area contributed by atoms with Gasteiger partial charge in [-0.25, -0.2) is 13.4 Å². The van der Waals surface area contributed by atoms with Gasteiger partial charge in [0.1, 0.15) is 10.7 Å². The van der Waals surface area contributed by atoms with Crippen LogP contribution in [0.15, 0.2) is 40.3 Å². The number of nitrogens with zero attached hydrogens (tertiary/aromatic N) is 3. The molecule has 6 nitrogen and oxygen atoms in total. The number of nitrogen functional groups attached to an aromatic ring is 1. The minimum atomic E-state index is -3.74. The number of hydrogen-bond acceptors (Lipinski definition) is 6. The average Bonchev–Trinajstić information content (AvgIpc) is 2.91. The highest BCUT2D eigenvalue weighted by Gasteiger charge is 2.24. The van der Waals surface area contributed by atoms with Crippen molar-refractivity contribution in [2.75, 3.05) is 23.7 Å². The molecule has 2 heterocycles. The maximum atomic E-state index is 12.9. The number of anilines is 2. The van der Waals surface area contributed by atoms with Gasteiger partial charge in [0.25, 0.3) is 0 Å². The number of nitrogens with two attached hydrogens (primary N) is 1. The second-order valence-corrected chi connectivity index (χ2v) is 8.97. The predicted octanol–water partition coefficient (Wildman–Crippen LogP) is 3.40. The van der Waals surface area contributed by atoms with Crippen molar-refractivity contribution in [2.24, 2.45) is 0 Å². The Morgan fingerprint density at radius 1 is 1.04 bits per heavy atom. The van der Waals surface area contributed by atoms with E-state index in [1.54, 1.807) is 12.1 Å². The fourth-order valence-corrected chi connectivity index (χ4v) is 4.42. The molecule has 1 saturated heterocycles. The van der Waals surface area contributed by atoms with Crippen LogP contribution in [0.3, 0.4) is 0 Å². The van der Waals surface area contributed by atoms with E-state index in [1.165, 1.54) is 19.0 Å². The Kier molecular flexibility index (Phi) is 5.46. The first-order valence-corrected chi connectivity index (χ1v) is 10.6. The highest BCUT2D eigenvalue weighted by atomic mass is 32.2. The molecule has 2 N–H and O–H groups in total. The number of hydrogen-bond donors (Lipinski definition) is 1. The van der Waals surface area contributed by atoms with Crippen LogP contribution in [0.25, 0.3) is 0 Å². The summed E-state index contributed by atoms with van der Waals surface area (Å²) in [7, 11) is -3.74. The predicted molar refractivity (Wildman–Crippen MR) is 103 cm³/mol. The largest absolute Gasteiger partial charge is 0.382 e. The van der Waals surface area contributed by atoms with E-state index in [2.05, 4.69) is 28.7 Å². The molecule has 1 aromatic heterocycles. The van der Waals surface area contributed by atoms with E-state index >= 15 is 0 Å². The summed E-state index contributed by atoms with van der Waals surface area (Å²) in [6.45, 7) is 5.89. The van der Waals surface area contributed by atoms with Gasteiger partial charge in [-0.2, -0.15) is 4.98 Å². The third kappa shape index (κ3) is 3.82. The zero-order valence-electron chi connectivity index (χ0n) is 15.4. The molecule has 26 heavy (non-hydrogen) atoms. The van der Waals surface area contributed by atoms with E-state index in [9.17, 15) is 8.42 Å². The Morgan fingerprint density at radius 3 is 2.19 bits per heavy atom. The van der Waals surface area contributed by atoms with Crippen LogP contribution in [0.5, 0.6) is 0 Å². The topological polar surface area (TPSA) is 89.2 Å². The van der Waals surface area contributed by atoms with Gasteiger partial charge in [0.2, 0.25) is 15.8 Å². The summed E-state index contributed by atoms with van der Waals surface area (Å²) in [5.74, 6) is 0.860. The van der Waals surface area contributed by atoms with Crippen molar-refractivity contribution in [3.63, 3.8) is 0 Å². The highest BCUT2D eigenvalue weighted by molar-refractivity contribution is 7.91. The molecular weight excluding hydrogens is 348 g/mol.